The van der Waals surface area contributed by atoms with Crippen LogP contribution in [-0.2, 0) is 4.74 Å². The molecule has 126 valence electrons. The fraction of sp³-hybridized carbons (Fsp3) is 0.583. The average molecular weight is 329 g/mol. The van der Waals surface area contributed by atoms with Gasteiger partial charge in [-0.1, -0.05) is 0 Å². The first-order chi connectivity index (χ1) is 11.0. The number of fused-ring (bicyclic) bond motifs is 1. The van der Waals surface area contributed by atoms with Gasteiger partial charge in [0.2, 0.25) is 5.95 Å². The van der Waals surface area contributed by atoms with Gasteiger partial charge in [0.1, 0.15) is 12.2 Å². The Morgan fingerprint density at radius 1 is 1.52 bits per heavy atom. The van der Waals surface area contributed by atoms with Crippen molar-refractivity contribution in [2.45, 2.75) is 31.5 Å². The summed E-state index contributed by atoms with van der Waals surface area (Å²) < 4.78 is 25.8. The van der Waals surface area contributed by atoms with E-state index in [0.717, 1.165) is 4.57 Å². The molecular formula is C12H16FN5O5. The van der Waals surface area contributed by atoms with Gasteiger partial charge in [0.25, 0.3) is 11.6 Å². The summed E-state index contributed by atoms with van der Waals surface area (Å²) in [6.07, 6.45) is -5.88. The summed E-state index contributed by atoms with van der Waals surface area (Å²) in [5.74, 6) is -0.204. The summed E-state index contributed by atoms with van der Waals surface area (Å²) in [5.41, 5.74) is 5.01. The molecule has 0 bridgehead atoms. The smallest absolute Gasteiger partial charge is 0.298 e. The lowest BCUT2D eigenvalue weighted by atomic mass is 10.1. The standard InChI is InChI=1S/C12H16FN5O5/c1-2-22-12-16-8-6(9(21)17-12)15-11(14)18(8)10-5(13)7(20)4(3-19)23-10/h4-5,7,10,19-20H,2-3H2,1H3,(H2,14,15)(H,16,17,21)/t4-,5-,7-,10-/m1/s1. The molecule has 0 amide bonds. The van der Waals surface area contributed by atoms with E-state index >= 15 is 0 Å². The third-order valence-electron chi connectivity index (χ3n) is 3.57. The van der Waals surface area contributed by atoms with E-state index in [1.54, 1.807) is 6.92 Å². The molecule has 1 aliphatic heterocycles. The zero-order chi connectivity index (χ0) is 16.7. The second-order valence-electron chi connectivity index (χ2n) is 5.00. The second kappa shape index (κ2) is 5.76. The molecule has 1 fully saturated rings. The lowest BCUT2D eigenvalue weighted by molar-refractivity contribution is -0.0451. The Balaban J connectivity index is 2.14. The van der Waals surface area contributed by atoms with Gasteiger partial charge in [-0.05, 0) is 6.92 Å². The Bertz CT molecular complexity index is 777. The van der Waals surface area contributed by atoms with Crippen molar-refractivity contribution in [2.24, 2.45) is 0 Å². The van der Waals surface area contributed by atoms with Crippen molar-refractivity contribution in [3.8, 4) is 6.01 Å². The Hall–Kier alpha value is -2.24. The van der Waals surface area contributed by atoms with E-state index in [1.807, 2.05) is 0 Å². The van der Waals surface area contributed by atoms with Gasteiger partial charge in [0.05, 0.1) is 13.2 Å². The van der Waals surface area contributed by atoms with Crippen molar-refractivity contribution in [1.29, 1.82) is 0 Å². The number of halogens is 1. The van der Waals surface area contributed by atoms with Gasteiger partial charge in [-0.3, -0.25) is 14.3 Å². The lowest BCUT2D eigenvalue weighted by Crippen LogP contribution is -2.30. The van der Waals surface area contributed by atoms with E-state index < -0.39 is 36.8 Å². The molecule has 0 radical (unpaired) electrons. The molecule has 0 aromatic carbocycles. The number of nitrogens with two attached hydrogens (primary N) is 1. The fourth-order valence-corrected chi connectivity index (χ4v) is 2.50. The molecule has 1 aliphatic rings. The molecule has 0 spiro atoms. The van der Waals surface area contributed by atoms with Crippen LogP contribution in [0.15, 0.2) is 4.79 Å². The number of nitrogens with zero attached hydrogens (tertiary/aromatic N) is 3. The maximum atomic E-state index is 14.3. The summed E-state index contributed by atoms with van der Waals surface area (Å²) in [4.78, 5) is 22.3. The summed E-state index contributed by atoms with van der Waals surface area (Å²) in [6.45, 7) is 1.40. The van der Waals surface area contributed by atoms with Crippen LogP contribution in [0.1, 0.15) is 13.2 Å². The maximum absolute atomic E-state index is 14.3. The van der Waals surface area contributed by atoms with Crippen molar-refractivity contribution in [3.05, 3.63) is 10.4 Å². The minimum atomic E-state index is -1.87. The van der Waals surface area contributed by atoms with E-state index in [0.29, 0.717) is 0 Å². The number of nitrogens with one attached hydrogen (secondary N) is 1. The SMILES string of the molecule is CCOc1nc2c(nc(N)n2[C@@H]2O[C@H](CO)[C@@H](O)[C@H]2F)c(=O)[nH]1. The molecule has 0 saturated carbocycles. The molecule has 1 saturated heterocycles. The molecule has 3 rings (SSSR count). The minimum Gasteiger partial charge on any atom is -0.465 e. The lowest BCUT2D eigenvalue weighted by Gasteiger charge is -2.16. The zero-order valence-corrected chi connectivity index (χ0v) is 12.1. The van der Waals surface area contributed by atoms with E-state index in [2.05, 4.69) is 15.0 Å². The summed E-state index contributed by atoms with van der Waals surface area (Å²) >= 11 is 0. The summed E-state index contributed by atoms with van der Waals surface area (Å²) in [7, 11) is 0. The average Bonchev–Trinajstić information content (AvgIpc) is 2.98. The minimum absolute atomic E-state index is 0.0341. The molecule has 2 aromatic rings. The molecule has 10 nitrogen and oxygen atoms in total. The first-order valence-electron chi connectivity index (χ1n) is 6.96. The molecule has 2 aromatic heterocycles. The van der Waals surface area contributed by atoms with Gasteiger partial charge in [-0.25, -0.2) is 9.37 Å². The van der Waals surface area contributed by atoms with Crippen molar-refractivity contribution in [1.82, 2.24) is 19.5 Å². The second-order valence-corrected chi connectivity index (χ2v) is 5.00. The van der Waals surface area contributed by atoms with Gasteiger partial charge in [-0.2, -0.15) is 4.98 Å². The molecular weight excluding hydrogens is 313 g/mol. The fourth-order valence-electron chi connectivity index (χ4n) is 2.50. The summed E-state index contributed by atoms with van der Waals surface area (Å²) in [6, 6.07) is -0.0705. The van der Waals surface area contributed by atoms with Gasteiger partial charge in [0, 0.05) is 0 Å². The third kappa shape index (κ3) is 2.42. The Labute approximate surface area is 128 Å². The number of nitrogen functional groups attached to an aromatic ring is 1. The first kappa shape index (κ1) is 15.6. The van der Waals surface area contributed by atoms with E-state index in [-0.39, 0.29) is 29.7 Å². The molecule has 3 heterocycles. The molecule has 0 unspecified atom stereocenters. The van der Waals surface area contributed by atoms with Crippen LogP contribution in [0, 0.1) is 0 Å². The normalized spacial score (nSPS) is 27.7. The zero-order valence-electron chi connectivity index (χ0n) is 12.1. The topological polar surface area (TPSA) is 149 Å². The Kier molecular flexibility index (Phi) is 3.92. The number of alkyl halides is 1. The number of hydrogen-bond donors (Lipinski definition) is 4. The van der Waals surface area contributed by atoms with Gasteiger partial charge in [0.15, 0.2) is 23.6 Å². The van der Waals surface area contributed by atoms with Crippen molar-refractivity contribution >= 4 is 17.1 Å². The highest BCUT2D eigenvalue weighted by molar-refractivity contribution is 5.73. The van der Waals surface area contributed by atoms with Crippen LogP contribution in [0.3, 0.4) is 0 Å². The quantitative estimate of drug-likeness (QED) is 0.540. The number of rotatable bonds is 4. The summed E-state index contributed by atoms with van der Waals surface area (Å²) in [5, 5.41) is 18.8. The van der Waals surface area contributed by atoms with Crippen LogP contribution in [0.25, 0.3) is 11.2 Å². The van der Waals surface area contributed by atoms with E-state index in [1.165, 1.54) is 0 Å². The highest BCUT2D eigenvalue weighted by atomic mass is 19.1. The first-order valence-corrected chi connectivity index (χ1v) is 6.96. The van der Waals surface area contributed by atoms with E-state index in [4.69, 9.17) is 20.3 Å². The molecule has 23 heavy (non-hydrogen) atoms. The number of imidazole rings is 1. The van der Waals surface area contributed by atoms with Crippen molar-refractivity contribution in [3.63, 3.8) is 0 Å². The Morgan fingerprint density at radius 3 is 2.87 bits per heavy atom. The van der Waals surface area contributed by atoms with Crippen LogP contribution < -0.4 is 16.0 Å². The van der Waals surface area contributed by atoms with Gasteiger partial charge < -0.3 is 25.4 Å². The highest BCUT2D eigenvalue weighted by Gasteiger charge is 2.46. The van der Waals surface area contributed by atoms with Crippen LogP contribution in [0.5, 0.6) is 6.01 Å². The van der Waals surface area contributed by atoms with E-state index in [9.17, 15) is 14.3 Å². The number of aliphatic hydroxyl groups is 2. The van der Waals surface area contributed by atoms with Crippen molar-refractivity contribution in [2.75, 3.05) is 18.9 Å². The number of H-pyrrole nitrogens is 1. The number of ether oxygens (including phenoxy) is 2. The highest BCUT2D eigenvalue weighted by Crippen LogP contribution is 2.35. The van der Waals surface area contributed by atoms with Crippen LogP contribution in [0.4, 0.5) is 10.3 Å². The molecule has 4 atom stereocenters. The van der Waals surface area contributed by atoms with Crippen LogP contribution in [-0.4, -0.2) is 61.3 Å². The molecule has 0 aliphatic carbocycles. The van der Waals surface area contributed by atoms with Gasteiger partial charge >= 0.3 is 0 Å². The van der Waals surface area contributed by atoms with Crippen molar-refractivity contribution < 1.29 is 24.1 Å². The predicted molar refractivity (Wildman–Crippen MR) is 75.6 cm³/mol. The maximum Gasteiger partial charge on any atom is 0.298 e. The number of aromatic amines is 1. The largest absolute Gasteiger partial charge is 0.465 e. The number of hydrogen-bond acceptors (Lipinski definition) is 8. The Morgan fingerprint density at radius 2 is 2.26 bits per heavy atom. The third-order valence-corrected chi connectivity index (χ3v) is 3.57. The monoisotopic (exact) mass is 329 g/mol. The number of anilines is 1. The number of aromatic nitrogens is 4. The molecule has 11 heteroatoms. The van der Waals surface area contributed by atoms with Crippen LogP contribution >= 0.6 is 0 Å². The predicted octanol–water partition coefficient (Wildman–Crippen LogP) is -1.31. The van der Waals surface area contributed by atoms with Gasteiger partial charge in [-0.15, -0.1) is 0 Å². The molecule has 5 N–H and O–H groups in total. The number of aliphatic hydroxyl groups excluding tert-OH is 2. The van der Waals surface area contributed by atoms with Crippen LogP contribution in [0.2, 0.25) is 0 Å².